The fraction of sp³-hybridized carbons (Fsp3) is 0.105. The van der Waals surface area contributed by atoms with Crippen molar-refractivity contribution in [2.45, 2.75) is 6.92 Å². The summed E-state index contributed by atoms with van der Waals surface area (Å²) >= 11 is 0. The molecule has 0 heterocycles. The van der Waals surface area contributed by atoms with Gasteiger partial charge in [0.25, 0.3) is 0 Å². The summed E-state index contributed by atoms with van der Waals surface area (Å²) in [5, 5.41) is 9.97. The Labute approximate surface area is 130 Å². The van der Waals surface area contributed by atoms with Gasteiger partial charge in [-0.1, -0.05) is 36.4 Å². The zero-order valence-electron chi connectivity index (χ0n) is 12.6. The molecule has 0 aromatic heterocycles. The van der Waals surface area contributed by atoms with E-state index in [1.165, 1.54) is 16.5 Å². The standard InChI is InChI=1S/C19H19N3/c1-2-22(16-12-10-15(11-13-16)19(20)21)18-9-5-7-14-6-3-4-8-17(14)18/h3-13H,2H2,1H3,(H3,20,21). The molecule has 0 unspecified atom stereocenters. The summed E-state index contributed by atoms with van der Waals surface area (Å²) in [5.41, 5.74) is 8.57. The molecule has 0 aliphatic rings. The molecule has 0 saturated carbocycles. The minimum Gasteiger partial charge on any atom is -0.384 e. The topological polar surface area (TPSA) is 53.1 Å². The minimum absolute atomic E-state index is 0.0970. The first-order chi connectivity index (χ1) is 10.7. The summed E-state index contributed by atoms with van der Waals surface area (Å²) in [6, 6.07) is 22.6. The van der Waals surface area contributed by atoms with E-state index in [0.29, 0.717) is 0 Å². The average Bonchev–Trinajstić information content (AvgIpc) is 2.56. The second-order valence-electron chi connectivity index (χ2n) is 5.20. The molecule has 0 spiro atoms. The zero-order chi connectivity index (χ0) is 15.5. The largest absolute Gasteiger partial charge is 0.384 e. The maximum atomic E-state index is 7.49. The Bertz CT molecular complexity index is 801. The van der Waals surface area contributed by atoms with Gasteiger partial charge in [-0.15, -0.1) is 0 Å². The molecular formula is C19H19N3. The maximum absolute atomic E-state index is 7.49. The van der Waals surface area contributed by atoms with E-state index in [1.807, 2.05) is 24.3 Å². The summed E-state index contributed by atoms with van der Waals surface area (Å²) in [4.78, 5) is 2.27. The van der Waals surface area contributed by atoms with E-state index in [-0.39, 0.29) is 5.84 Å². The lowest BCUT2D eigenvalue weighted by Gasteiger charge is -2.25. The van der Waals surface area contributed by atoms with Crippen LogP contribution in [0, 0.1) is 5.41 Å². The van der Waals surface area contributed by atoms with Crippen LogP contribution in [-0.4, -0.2) is 12.4 Å². The number of benzene rings is 3. The first-order valence-electron chi connectivity index (χ1n) is 7.40. The molecule has 3 aromatic carbocycles. The third-order valence-corrected chi connectivity index (χ3v) is 3.86. The van der Waals surface area contributed by atoms with E-state index in [0.717, 1.165) is 17.8 Å². The summed E-state index contributed by atoms with van der Waals surface area (Å²) in [6.07, 6.45) is 0. The number of nitrogens with one attached hydrogen (secondary N) is 1. The van der Waals surface area contributed by atoms with Crippen LogP contribution in [0.5, 0.6) is 0 Å². The van der Waals surface area contributed by atoms with Gasteiger partial charge in [0.15, 0.2) is 0 Å². The van der Waals surface area contributed by atoms with Gasteiger partial charge in [0.1, 0.15) is 5.84 Å². The van der Waals surface area contributed by atoms with Crippen LogP contribution >= 0.6 is 0 Å². The predicted molar refractivity (Wildman–Crippen MR) is 94.1 cm³/mol. The summed E-state index contributed by atoms with van der Waals surface area (Å²) in [5.74, 6) is 0.0970. The number of anilines is 2. The highest BCUT2D eigenvalue weighted by Gasteiger charge is 2.10. The van der Waals surface area contributed by atoms with Crippen molar-refractivity contribution in [3.8, 4) is 0 Å². The van der Waals surface area contributed by atoms with E-state index in [4.69, 9.17) is 11.1 Å². The van der Waals surface area contributed by atoms with Gasteiger partial charge in [-0.3, -0.25) is 5.41 Å². The van der Waals surface area contributed by atoms with Crippen molar-refractivity contribution in [2.75, 3.05) is 11.4 Å². The van der Waals surface area contributed by atoms with Gasteiger partial charge in [0.2, 0.25) is 0 Å². The molecule has 0 amide bonds. The molecule has 3 rings (SSSR count). The lowest BCUT2D eigenvalue weighted by atomic mass is 10.1. The van der Waals surface area contributed by atoms with Crippen LogP contribution < -0.4 is 10.6 Å². The Balaban J connectivity index is 2.08. The Morgan fingerprint density at radius 2 is 1.64 bits per heavy atom. The molecular weight excluding hydrogens is 270 g/mol. The quantitative estimate of drug-likeness (QED) is 0.556. The third-order valence-electron chi connectivity index (χ3n) is 3.86. The minimum atomic E-state index is 0.0970. The number of amidine groups is 1. The zero-order valence-corrected chi connectivity index (χ0v) is 12.6. The van der Waals surface area contributed by atoms with Crippen molar-refractivity contribution in [3.05, 3.63) is 72.3 Å². The van der Waals surface area contributed by atoms with Crippen molar-refractivity contribution >= 4 is 28.0 Å². The molecule has 0 saturated heterocycles. The fourth-order valence-corrected chi connectivity index (χ4v) is 2.76. The third kappa shape index (κ3) is 2.53. The Hall–Kier alpha value is -2.81. The number of nitrogen functional groups attached to an aromatic ring is 1. The van der Waals surface area contributed by atoms with Crippen LogP contribution in [0.4, 0.5) is 11.4 Å². The van der Waals surface area contributed by atoms with Crippen LogP contribution in [-0.2, 0) is 0 Å². The second kappa shape index (κ2) is 5.90. The van der Waals surface area contributed by atoms with Crippen molar-refractivity contribution in [3.63, 3.8) is 0 Å². The SMILES string of the molecule is CCN(c1ccc(C(=N)N)cc1)c1cccc2ccccc12. The molecule has 3 nitrogen and oxygen atoms in total. The highest BCUT2D eigenvalue weighted by atomic mass is 15.1. The normalized spacial score (nSPS) is 10.6. The predicted octanol–water partition coefficient (Wildman–Crippen LogP) is 4.28. The molecule has 22 heavy (non-hydrogen) atoms. The van der Waals surface area contributed by atoms with Crippen LogP contribution in [0.3, 0.4) is 0 Å². The molecule has 0 aliphatic heterocycles. The smallest absolute Gasteiger partial charge is 0.122 e. The van der Waals surface area contributed by atoms with E-state index in [1.54, 1.807) is 0 Å². The number of hydrogen-bond acceptors (Lipinski definition) is 2. The van der Waals surface area contributed by atoms with Crippen LogP contribution in [0.15, 0.2) is 66.7 Å². The summed E-state index contributed by atoms with van der Waals surface area (Å²) in [7, 11) is 0. The van der Waals surface area contributed by atoms with Gasteiger partial charge in [0.05, 0.1) is 0 Å². The molecule has 3 N–H and O–H groups in total. The Morgan fingerprint density at radius 3 is 2.32 bits per heavy atom. The fourth-order valence-electron chi connectivity index (χ4n) is 2.76. The van der Waals surface area contributed by atoms with Crippen LogP contribution in [0.25, 0.3) is 10.8 Å². The van der Waals surface area contributed by atoms with Gasteiger partial charge < -0.3 is 10.6 Å². The van der Waals surface area contributed by atoms with Crippen LogP contribution in [0.2, 0.25) is 0 Å². The number of hydrogen-bond donors (Lipinski definition) is 2. The molecule has 3 heteroatoms. The lowest BCUT2D eigenvalue weighted by molar-refractivity contribution is 1.03. The molecule has 110 valence electrons. The molecule has 0 aliphatic carbocycles. The number of nitrogens with zero attached hydrogens (tertiary/aromatic N) is 1. The number of rotatable bonds is 4. The van der Waals surface area contributed by atoms with Gasteiger partial charge in [-0.2, -0.15) is 0 Å². The summed E-state index contributed by atoms with van der Waals surface area (Å²) in [6.45, 7) is 3.01. The highest BCUT2D eigenvalue weighted by Crippen LogP contribution is 2.32. The lowest BCUT2D eigenvalue weighted by Crippen LogP contribution is -2.17. The average molecular weight is 289 g/mol. The molecule has 0 fully saturated rings. The Morgan fingerprint density at radius 1 is 0.955 bits per heavy atom. The molecule has 0 radical (unpaired) electrons. The second-order valence-corrected chi connectivity index (χ2v) is 5.20. The van der Waals surface area contributed by atoms with Crippen molar-refractivity contribution in [2.24, 2.45) is 5.73 Å². The number of fused-ring (bicyclic) bond motifs is 1. The van der Waals surface area contributed by atoms with E-state index >= 15 is 0 Å². The van der Waals surface area contributed by atoms with E-state index in [2.05, 4.69) is 54.3 Å². The van der Waals surface area contributed by atoms with Gasteiger partial charge in [0, 0.05) is 28.9 Å². The summed E-state index contributed by atoms with van der Waals surface area (Å²) < 4.78 is 0. The van der Waals surface area contributed by atoms with Gasteiger partial charge in [-0.25, -0.2) is 0 Å². The molecule has 0 atom stereocenters. The maximum Gasteiger partial charge on any atom is 0.122 e. The number of nitrogens with two attached hydrogens (primary N) is 1. The van der Waals surface area contributed by atoms with Crippen molar-refractivity contribution in [1.82, 2.24) is 0 Å². The van der Waals surface area contributed by atoms with Gasteiger partial charge in [-0.05, 0) is 42.6 Å². The van der Waals surface area contributed by atoms with E-state index < -0.39 is 0 Å². The van der Waals surface area contributed by atoms with Crippen LogP contribution in [0.1, 0.15) is 12.5 Å². The monoisotopic (exact) mass is 289 g/mol. The van der Waals surface area contributed by atoms with Crippen molar-refractivity contribution < 1.29 is 0 Å². The van der Waals surface area contributed by atoms with E-state index in [9.17, 15) is 0 Å². The van der Waals surface area contributed by atoms with Gasteiger partial charge >= 0.3 is 0 Å². The molecule has 0 bridgehead atoms. The first kappa shape index (κ1) is 14.1. The van der Waals surface area contributed by atoms with Crippen molar-refractivity contribution in [1.29, 1.82) is 5.41 Å². The molecule has 3 aromatic rings. The first-order valence-corrected chi connectivity index (χ1v) is 7.40. The Kier molecular flexibility index (Phi) is 3.79. The highest BCUT2D eigenvalue weighted by molar-refractivity contribution is 5.97.